The molecule has 0 radical (unpaired) electrons. The van der Waals surface area contributed by atoms with Crippen LogP contribution in [0.25, 0.3) is 11.5 Å². The van der Waals surface area contributed by atoms with Crippen LogP contribution in [0.5, 0.6) is 0 Å². The van der Waals surface area contributed by atoms with E-state index in [4.69, 9.17) is 13.9 Å². The van der Waals surface area contributed by atoms with Gasteiger partial charge in [-0.05, 0) is 18.2 Å². The molecule has 2 aromatic heterocycles. The molecule has 7 heteroatoms. The average molecular weight is 379 g/mol. The average Bonchev–Trinajstić information content (AvgIpc) is 3.47. The van der Waals surface area contributed by atoms with E-state index in [2.05, 4.69) is 44.9 Å². The van der Waals surface area contributed by atoms with Crippen molar-refractivity contribution in [2.24, 2.45) is 0 Å². The molecule has 0 spiro atoms. The SMILES string of the molecule is c1ccc(C[NH2+][C@H]2CO[C@H]3[C@@H]2OC[C@@H]3Nc2nccc(-c3ccco3)n2)cc1. The van der Waals surface area contributed by atoms with E-state index in [0.29, 0.717) is 25.2 Å². The van der Waals surface area contributed by atoms with E-state index >= 15 is 0 Å². The summed E-state index contributed by atoms with van der Waals surface area (Å²) in [6.07, 6.45) is 3.45. The Morgan fingerprint density at radius 3 is 2.75 bits per heavy atom. The minimum Gasteiger partial charge on any atom is -0.463 e. The third kappa shape index (κ3) is 3.52. The highest BCUT2D eigenvalue weighted by Crippen LogP contribution is 2.27. The van der Waals surface area contributed by atoms with Crippen LogP contribution in [0.15, 0.2) is 65.4 Å². The molecule has 2 fully saturated rings. The van der Waals surface area contributed by atoms with Gasteiger partial charge in [-0.1, -0.05) is 30.3 Å². The first-order valence-corrected chi connectivity index (χ1v) is 9.61. The maximum absolute atomic E-state index is 6.07. The van der Waals surface area contributed by atoms with Crippen LogP contribution < -0.4 is 10.6 Å². The van der Waals surface area contributed by atoms with Gasteiger partial charge in [-0.3, -0.25) is 0 Å². The lowest BCUT2D eigenvalue weighted by molar-refractivity contribution is -0.707. The Morgan fingerprint density at radius 1 is 1.00 bits per heavy atom. The summed E-state index contributed by atoms with van der Waals surface area (Å²) in [4.78, 5) is 8.89. The number of benzene rings is 1. The minimum atomic E-state index is 0.00731. The fraction of sp³-hybridized carbons (Fsp3) is 0.333. The standard InChI is InChI=1S/C21H22N4O3/c1-2-5-14(6-3-1)11-23-16-12-27-20-17(13-28-19(16)20)25-21-22-9-8-15(24-21)18-7-4-10-26-18/h1-10,16-17,19-20,23H,11-13H2,(H,22,24,25)/p+1/t16-,17-,19+,20+/m0/s1. The van der Waals surface area contributed by atoms with Crippen molar-refractivity contribution in [3.63, 3.8) is 0 Å². The third-order valence-corrected chi connectivity index (χ3v) is 5.33. The molecular weight excluding hydrogens is 356 g/mol. The Morgan fingerprint density at radius 2 is 1.89 bits per heavy atom. The molecule has 4 atom stereocenters. The molecule has 0 bridgehead atoms. The number of furan rings is 1. The number of nitrogens with zero attached hydrogens (tertiary/aromatic N) is 2. The number of fused-ring (bicyclic) bond motifs is 1. The van der Waals surface area contributed by atoms with Crippen LogP contribution in [0.4, 0.5) is 5.95 Å². The van der Waals surface area contributed by atoms with Gasteiger partial charge in [0, 0.05) is 11.8 Å². The second-order valence-electron chi connectivity index (χ2n) is 7.18. The molecule has 144 valence electrons. The molecule has 3 N–H and O–H groups in total. The zero-order valence-electron chi connectivity index (χ0n) is 15.4. The molecule has 4 heterocycles. The first-order chi connectivity index (χ1) is 13.9. The normalized spacial score (nSPS) is 26.3. The van der Waals surface area contributed by atoms with Gasteiger partial charge in [-0.15, -0.1) is 0 Å². The zero-order chi connectivity index (χ0) is 18.8. The highest BCUT2D eigenvalue weighted by molar-refractivity contribution is 5.53. The highest BCUT2D eigenvalue weighted by Gasteiger charge is 2.49. The van der Waals surface area contributed by atoms with Gasteiger partial charge in [0.2, 0.25) is 5.95 Å². The quantitative estimate of drug-likeness (QED) is 0.674. The van der Waals surface area contributed by atoms with Gasteiger partial charge >= 0.3 is 0 Å². The summed E-state index contributed by atoms with van der Waals surface area (Å²) in [6, 6.07) is 16.4. The Balaban J connectivity index is 1.21. The van der Waals surface area contributed by atoms with Crippen molar-refractivity contribution >= 4 is 5.95 Å². The molecule has 0 unspecified atom stereocenters. The van der Waals surface area contributed by atoms with E-state index in [0.717, 1.165) is 18.0 Å². The lowest BCUT2D eigenvalue weighted by Crippen LogP contribution is -2.91. The largest absolute Gasteiger partial charge is 0.463 e. The molecular formula is C21H23N4O3+. The monoisotopic (exact) mass is 379 g/mol. The molecule has 3 aromatic rings. The van der Waals surface area contributed by atoms with Crippen molar-refractivity contribution < 1.29 is 19.2 Å². The van der Waals surface area contributed by atoms with E-state index in [1.807, 2.05) is 24.3 Å². The van der Waals surface area contributed by atoms with E-state index < -0.39 is 0 Å². The molecule has 5 rings (SSSR count). The lowest BCUT2D eigenvalue weighted by atomic mass is 10.1. The van der Waals surface area contributed by atoms with Crippen molar-refractivity contribution in [2.45, 2.75) is 30.8 Å². The van der Waals surface area contributed by atoms with Crippen LogP contribution >= 0.6 is 0 Å². The zero-order valence-corrected chi connectivity index (χ0v) is 15.4. The van der Waals surface area contributed by atoms with E-state index in [1.54, 1.807) is 12.5 Å². The van der Waals surface area contributed by atoms with Crippen molar-refractivity contribution in [2.75, 3.05) is 18.5 Å². The van der Waals surface area contributed by atoms with Crippen LogP contribution in [0, 0.1) is 0 Å². The number of aromatic nitrogens is 2. The van der Waals surface area contributed by atoms with Gasteiger partial charge in [0.05, 0.1) is 18.9 Å². The Labute approximate surface area is 163 Å². The van der Waals surface area contributed by atoms with Gasteiger partial charge < -0.3 is 24.5 Å². The number of nitrogens with one attached hydrogen (secondary N) is 1. The second-order valence-corrected chi connectivity index (χ2v) is 7.18. The second kappa shape index (κ2) is 7.71. The summed E-state index contributed by atoms with van der Waals surface area (Å²) in [6.45, 7) is 2.20. The first kappa shape index (κ1) is 17.4. The molecule has 2 saturated heterocycles. The van der Waals surface area contributed by atoms with Gasteiger partial charge in [-0.2, -0.15) is 0 Å². The maximum atomic E-state index is 6.07. The summed E-state index contributed by atoms with van der Waals surface area (Å²) in [5.74, 6) is 1.28. The van der Waals surface area contributed by atoms with Crippen LogP contribution in [-0.2, 0) is 16.0 Å². The number of rotatable bonds is 6. The molecule has 28 heavy (non-hydrogen) atoms. The van der Waals surface area contributed by atoms with E-state index in [1.165, 1.54) is 5.56 Å². The number of hydrogen-bond acceptors (Lipinski definition) is 6. The number of quaternary nitrogens is 1. The van der Waals surface area contributed by atoms with Crippen molar-refractivity contribution in [3.05, 3.63) is 66.6 Å². The van der Waals surface area contributed by atoms with Gasteiger partial charge in [-0.25, -0.2) is 9.97 Å². The maximum Gasteiger partial charge on any atom is 0.223 e. The molecule has 0 amide bonds. The number of hydrogen-bond donors (Lipinski definition) is 2. The molecule has 0 aliphatic carbocycles. The van der Waals surface area contributed by atoms with Crippen molar-refractivity contribution in [1.29, 1.82) is 0 Å². The van der Waals surface area contributed by atoms with Crippen molar-refractivity contribution in [3.8, 4) is 11.5 Å². The number of nitrogens with two attached hydrogens (primary N) is 1. The van der Waals surface area contributed by atoms with Gasteiger partial charge in [0.1, 0.15) is 37.1 Å². The fourth-order valence-corrected chi connectivity index (χ4v) is 3.91. The Kier molecular flexibility index (Phi) is 4.78. The van der Waals surface area contributed by atoms with E-state index in [9.17, 15) is 0 Å². The topological polar surface area (TPSA) is 86.0 Å². The third-order valence-electron chi connectivity index (χ3n) is 5.33. The fourth-order valence-electron chi connectivity index (χ4n) is 3.91. The predicted molar refractivity (Wildman–Crippen MR) is 102 cm³/mol. The van der Waals surface area contributed by atoms with Crippen molar-refractivity contribution in [1.82, 2.24) is 9.97 Å². The van der Waals surface area contributed by atoms with E-state index in [-0.39, 0.29) is 18.2 Å². The molecule has 7 nitrogen and oxygen atoms in total. The van der Waals surface area contributed by atoms with Gasteiger partial charge in [0.15, 0.2) is 5.76 Å². The molecule has 1 aromatic carbocycles. The van der Waals surface area contributed by atoms with Gasteiger partial charge in [0.25, 0.3) is 0 Å². The summed E-state index contributed by atoms with van der Waals surface area (Å²) < 4.78 is 17.6. The summed E-state index contributed by atoms with van der Waals surface area (Å²) in [5.41, 5.74) is 2.06. The molecule has 0 saturated carbocycles. The van der Waals surface area contributed by atoms with Crippen LogP contribution in [0.3, 0.4) is 0 Å². The Hall–Kier alpha value is -2.74. The van der Waals surface area contributed by atoms with Crippen LogP contribution in [0.1, 0.15) is 5.56 Å². The highest BCUT2D eigenvalue weighted by atomic mass is 16.6. The van der Waals surface area contributed by atoms with Crippen LogP contribution in [0.2, 0.25) is 0 Å². The summed E-state index contributed by atoms with van der Waals surface area (Å²) in [7, 11) is 0. The predicted octanol–water partition coefficient (Wildman–Crippen LogP) is 1.45. The Bertz CT molecular complexity index is 903. The molecule has 2 aliphatic heterocycles. The number of ether oxygens (including phenoxy) is 2. The lowest BCUT2D eigenvalue weighted by Gasteiger charge is -2.17. The summed E-state index contributed by atoms with van der Waals surface area (Å²) in [5, 5.41) is 5.70. The summed E-state index contributed by atoms with van der Waals surface area (Å²) >= 11 is 0. The molecule has 2 aliphatic rings. The minimum absolute atomic E-state index is 0.00731. The van der Waals surface area contributed by atoms with Crippen LogP contribution in [-0.4, -0.2) is 47.5 Å². The number of anilines is 1. The smallest absolute Gasteiger partial charge is 0.223 e. The first-order valence-electron chi connectivity index (χ1n) is 9.61.